The van der Waals surface area contributed by atoms with Gasteiger partial charge in [0.05, 0.1) is 22.0 Å². The maximum atomic E-state index is 13.4. The number of aryl methyl sites for hydroxylation is 3. The van der Waals surface area contributed by atoms with Crippen molar-refractivity contribution in [1.29, 1.82) is 5.26 Å². The zero-order valence-electron chi connectivity index (χ0n) is 15.6. The number of benzene rings is 2. The van der Waals surface area contributed by atoms with Crippen LogP contribution >= 0.6 is 0 Å². The Labute approximate surface area is 165 Å². The van der Waals surface area contributed by atoms with Crippen molar-refractivity contribution in [3.05, 3.63) is 58.3 Å². The van der Waals surface area contributed by atoms with Gasteiger partial charge in [-0.15, -0.1) is 5.10 Å². The summed E-state index contributed by atoms with van der Waals surface area (Å²) in [5, 5.41) is 21.7. The van der Waals surface area contributed by atoms with Crippen LogP contribution in [-0.2, 0) is 14.8 Å². The van der Waals surface area contributed by atoms with Gasteiger partial charge in [0.25, 0.3) is 10.0 Å². The molecule has 0 amide bonds. The molecule has 0 atom stereocenters. The molecule has 1 heterocycles. The van der Waals surface area contributed by atoms with E-state index in [1.807, 2.05) is 13.0 Å². The summed E-state index contributed by atoms with van der Waals surface area (Å²) < 4.78 is 31.6. The molecule has 0 fully saturated rings. The SMILES string of the molecule is Cc1cc(C)c(S(=O)(=O)n2nc(C(=O)OC(=O)O)c3cc(C#N)ccc32)c(C)c1. The Balaban J connectivity index is 2.34. The van der Waals surface area contributed by atoms with E-state index in [0.717, 1.165) is 5.56 Å². The quantitative estimate of drug-likeness (QED) is 0.511. The molecule has 3 rings (SSSR count). The van der Waals surface area contributed by atoms with Crippen molar-refractivity contribution >= 4 is 33.1 Å². The molecule has 9 nitrogen and oxygen atoms in total. The molecule has 10 heteroatoms. The minimum absolute atomic E-state index is 0.0127. The molecule has 0 bridgehead atoms. The molecule has 0 saturated heterocycles. The van der Waals surface area contributed by atoms with Crippen LogP contribution in [0.2, 0.25) is 0 Å². The molecule has 2 aromatic carbocycles. The van der Waals surface area contributed by atoms with Crippen LogP contribution in [0.15, 0.2) is 35.2 Å². The average Bonchev–Trinajstić information content (AvgIpc) is 2.99. The topological polar surface area (TPSA) is 139 Å². The van der Waals surface area contributed by atoms with Gasteiger partial charge in [-0.2, -0.15) is 17.8 Å². The molecule has 0 aliphatic rings. The minimum Gasteiger partial charge on any atom is -0.449 e. The Hall–Kier alpha value is -3.71. The van der Waals surface area contributed by atoms with Crippen LogP contribution < -0.4 is 0 Å². The van der Waals surface area contributed by atoms with Crippen molar-refractivity contribution in [3.63, 3.8) is 0 Å². The summed E-state index contributed by atoms with van der Waals surface area (Å²) in [6, 6.07) is 9.24. The summed E-state index contributed by atoms with van der Waals surface area (Å²) in [6.45, 7) is 5.13. The molecule has 0 aliphatic carbocycles. The van der Waals surface area contributed by atoms with Crippen LogP contribution in [0.5, 0.6) is 0 Å². The summed E-state index contributed by atoms with van der Waals surface area (Å²) in [5.41, 5.74) is 1.50. The lowest BCUT2D eigenvalue weighted by Crippen LogP contribution is -2.18. The Morgan fingerprint density at radius 3 is 2.31 bits per heavy atom. The third kappa shape index (κ3) is 3.43. The van der Waals surface area contributed by atoms with Crippen LogP contribution in [-0.4, -0.2) is 34.8 Å². The maximum absolute atomic E-state index is 13.4. The van der Waals surface area contributed by atoms with Gasteiger partial charge in [-0.25, -0.2) is 9.59 Å². The Bertz CT molecular complexity index is 1310. The number of nitrogens with zero attached hydrogens (tertiary/aromatic N) is 3. The van der Waals surface area contributed by atoms with Gasteiger partial charge in [-0.3, -0.25) is 0 Å². The molecule has 0 aliphatic heterocycles. The van der Waals surface area contributed by atoms with Crippen LogP contribution in [0, 0.1) is 32.1 Å². The molecule has 0 unspecified atom stereocenters. The fourth-order valence-corrected chi connectivity index (χ4v) is 4.99. The first-order valence-corrected chi connectivity index (χ1v) is 9.71. The van der Waals surface area contributed by atoms with Gasteiger partial charge in [-0.1, -0.05) is 17.7 Å². The second-order valence-electron chi connectivity index (χ2n) is 6.42. The first-order chi connectivity index (χ1) is 13.6. The minimum atomic E-state index is -4.24. The van der Waals surface area contributed by atoms with E-state index in [4.69, 9.17) is 10.4 Å². The summed E-state index contributed by atoms with van der Waals surface area (Å²) >= 11 is 0. The van der Waals surface area contributed by atoms with Crippen LogP contribution in [0.4, 0.5) is 4.79 Å². The largest absolute Gasteiger partial charge is 0.513 e. The lowest BCUT2D eigenvalue weighted by molar-refractivity contribution is 0.0505. The number of carboxylic acid groups (broad SMARTS) is 1. The number of esters is 1. The zero-order chi connectivity index (χ0) is 21.5. The van der Waals surface area contributed by atoms with Crippen molar-refractivity contribution < 1.29 is 27.9 Å². The molecule has 3 aromatic rings. The summed E-state index contributed by atoms with van der Waals surface area (Å²) in [5.74, 6) is -1.34. The van der Waals surface area contributed by atoms with E-state index < -0.39 is 27.8 Å². The van der Waals surface area contributed by atoms with Gasteiger partial charge in [0.1, 0.15) is 0 Å². The Kier molecular flexibility index (Phi) is 4.86. The number of nitriles is 1. The number of aromatic nitrogens is 2. The molecule has 0 saturated carbocycles. The number of hydrogen-bond donors (Lipinski definition) is 1. The molecule has 0 spiro atoms. The van der Waals surface area contributed by atoms with E-state index in [1.165, 1.54) is 18.2 Å². The predicted molar refractivity (Wildman–Crippen MR) is 101 cm³/mol. The standard InChI is InChI=1S/C19H15N3O6S/c1-10-6-11(2)17(12(3)7-10)29(26,27)22-15-5-4-13(9-20)8-14(15)16(21-22)18(23)28-19(24)25/h4-8H,1-3H3,(H,24,25). The van der Waals surface area contributed by atoms with Crippen molar-refractivity contribution in [2.45, 2.75) is 25.7 Å². The predicted octanol–water partition coefficient (Wildman–Crippen LogP) is 2.91. The van der Waals surface area contributed by atoms with Gasteiger partial charge in [0.15, 0.2) is 5.69 Å². The van der Waals surface area contributed by atoms with E-state index >= 15 is 0 Å². The highest BCUT2D eigenvalue weighted by atomic mass is 32.2. The summed E-state index contributed by atoms with van der Waals surface area (Å²) in [4.78, 5) is 22.9. The lowest BCUT2D eigenvalue weighted by Gasteiger charge is -2.12. The fourth-order valence-electron chi connectivity index (χ4n) is 3.28. The number of carbonyl (C=O) groups excluding carboxylic acids is 1. The second kappa shape index (κ2) is 7.03. The van der Waals surface area contributed by atoms with Gasteiger partial charge in [-0.05, 0) is 50.1 Å². The number of ether oxygens (including phenoxy) is 1. The lowest BCUT2D eigenvalue weighted by atomic mass is 10.1. The molecular formula is C19H15N3O6S. The maximum Gasteiger partial charge on any atom is 0.513 e. The Morgan fingerprint density at radius 2 is 1.76 bits per heavy atom. The van der Waals surface area contributed by atoms with E-state index in [-0.39, 0.29) is 21.4 Å². The number of fused-ring (bicyclic) bond motifs is 1. The van der Waals surface area contributed by atoms with E-state index in [2.05, 4.69) is 9.84 Å². The number of hydrogen-bond acceptors (Lipinski definition) is 7. The average molecular weight is 413 g/mol. The smallest absolute Gasteiger partial charge is 0.449 e. The van der Waals surface area contributed by atoms with Gasteiger partial charge in [0, 0.05) is 5.39 Å². The van der Waals surface area contributed by atoms with E-state index in [9.17, 15) is 18.0 Å². The monoisotopic (exact) mass is 413 g/mol. The second-order valence-corrected chi connectivity index (χ2v) is 8.13. The molecule has 29 heavy (non-hydrogen) atoms. The van der Waals surface area contributed by atoms with Crippen LogP contribution in [0.3, 0.4) is 0 Å². The first kappa shape index (κ1) is 20.0. The molecule has 0 radical (unpaired) electrons. The molecular weight excluding hydrogens is 398 g/mol. The highest BCUT2D eigenvalue weighted by Crippen LogP contribution is 2.29. The molecule has 1 aromatic heterocycles. The fraction of sp³-hybridized carbons (Fsp3) is 0.158. The normalized spacial score (nSPS) is 11.2. The van der Waals surface area contributed by atoms with Crippen molar-refractivity contribution in [3.8, 4) is 6.07 Å². The highest BCUT2D eigenvalue weighted by Gasteiger charge is 2.29. The summed E-state index contributed by atoms with van der Waals surface area (Å²) in [6.07, 6.45) is -1.86. The zero-order valence-corrected chi connectivity index (χ0v) is 16.4. The van der Waals surface area contributed by atoms with Crippen LogP contribution in [0.1, 0.15) is 32.7 Å². The first-order valence-electron chi connectivity index (χ1n) is 8.27. The molecule has 148 valence electrons. The highest BCUT2D eigenvalue weighted by molar-refractivity contribution is 7.90. The number of carbonyl (C=O) groups is 2. The van der Waals surface area contributed by atoms with E-state index in [0.29, 0.717) is 15.2 Å². The third-order valence-electron chi connectivity index (χ3n) is 4.24. The van der Waals surface area contributed by atoms with Gasteiger partial charge < -0.3 is 9.84 Å². The van der Waals surface area contributed by atoms with Crippen molar-refractivity contribution in [2.24, 2.45) is 0 Å². The summed E-state index contributed by atoms with van der Waals surface area (Å²) in [7, 11) is -4.24. The number of rotatable bonds is 3. The Morgan fingerprint density at radius 1 is 1.14 bits per heavy atom. The van der Waals surface area contributed by atoms with Crippen LogP contribution in [0.25, 0.3) is 10.9 Å². The van der Waals surface area contributed by atoms with Gasteiger partial charge in [0.2, 0.25) is 0 Å². The van der Waals surface area contributed by atoms with Gasteiger partial charge >= 0.3 is 12.1 Å². The molecule has 1 N–H and O–H groups in total. The third-order valence-corrected chi connectivity index (χ3v) is 6.13. The van der Waals surface area contributed by atoms with Crippen molar-refractivity contribution in [1.82, 2.24) is 9.19 Å². The van der Waals surface area contributed by atoms with E-state index in [1.54, 1.807) is 26.0 Å². The van der Waals surface area contributed by atoms with Crippen molar-refractivity contribution in [2.75, 3.05) is 0 Å².